The fraction of sp³-hybridized carbons (Fsp3) is 0.167. The van der Waals surface area contributed by atoms with Crippen molar-refractivity contribution in [3.8, 4) is 22.8 Å². The molecule has 3 amide bonds. The lowest BCUT2D eigenvalue weighted by molar-refractivity contribution is 0.0959. The van der Waals surface area contributed by atoms with Gasteiger partial charge < -0.3 is 20.1 Å². The van der Waals surface area contributed by atoms with E-state index in [4.69, 9.17) is 9.47 Å². The van der Waals surface area contributed by atoms with Gasteiger partial charge in [0.15, 0.2) is 5.82 Å². The number of nitrogens with one attached hydrogen (secondary N) is 3. The first kappa shape index (κ1) is 22.6. The highest BCUT2D eigenvalue weighted by Gasteiger charge is 2.14. The summed E-state index contributed by atoms with van der Waals surface area (Å²) in [7, 11) is 3.02. The number of methoxy groups -OCH3 is 1. The van der Waals surface area contributed by atoms with Crippen LogP contribution in [0.2, 0.25) is 0 Å². The molecule has 174 valence electrons. The first-order chi connectivity index (χ1) is 16.6. The number of hydrogen-bond acceptors (Lipinski definition) is 6. The summed E-state index contributed by atoms with van der Waals surface area (Å²) in [6.45, 7) is 0.691. The van der Waals surface area contributed by atoms with Crippen molar-refractivity contribution in [1.29, 1.82) is 0 Å². The second-order valence-electron chi connectivity index (χ2n) is 7.22. The summed E-state index contributed by atoms with van der Waals surface area (Å²) >= 11 is 0. The molecular weight excluding hydrogens is 436 g/mol. The summed E-state index contributed by atoms with van der Waals surface area (Å²) in [6.07, 6.45) is 3.41. The topological polar surface area (TPSA) is 119 Å². The first-order valence-corrected chi connectivity index (χ1v) is 10.6. The SMILES string of the molecule is CNC(=O)c1cc(-c2ccn3nc(NC(=O)NCCOc4ccccc4)cc3c2)cnc1OC. The fourth-order valence-electron chi connectivity index (χ4n) is 3.32. The van der Waals surface area contributed by atoms with Crippen molar-refractivity contribution in [2.75, 3.05) is 32.6 Å². The Bertz CT molecular complexity index is 1310. The number of aromatic nitrogens is 3. The van der Waals surface area contributed by atoms with E-state index in [1.807, 2.05) is 42.5 Å². The van der Waals surface area contributed by atoms with Crippen molar-refractivity contribution in [1.82, 2.24) is 25.2 Å². The zero-order valence-electron chi connectivity index (χ0n) is 18.7. The van der Waals surface area contributed by atoms with Crippen LogP contribution in [0.3, 0.4) is 0 Å². The summed E-state index contributed by atoms with van der Waals surface area (Å²) < 4.78 is 12.4. The van der Waals surface area contributed by atoms with Crippen molar-refractivity contribution in [3.05, 3.63) is 72.6 Å². The number of fused-ring (bicyclic) bond motifs is 1. The number of urea groups is 1. The summed E-state index contributed by atoms with van der Waals surface area (Å²) in [4.78, 5) is 28.6. The molecule has 0 saturated heterocycles. The van der Waals surface area contributed by atoms with Gasteiger partial charge in [-0.15, -0.1) is 5.10 Å². The molecule has 4 rings (SSSR count). The molecule has 0 aliphatic rings. The Labute approximate surface area is 195 Å². The minimum atomic E-state index is -0.380. The standard InChI is InChI=1S/C24H24N6O4/c1-25-22(31)20-13-17(15-27-23(20)33-2)16-8-10-30-18(12-16)14-21(29-30)28-24(32)26-9-11-34-19-6-4-3-5-7-19/h3-8,10,12-15H,9,11H2,1-2H3,(H,25,31)(H2,26,28,29,32). The number of amides is 3. The van der Waals surface area contributed by atoms with Gasteiger partial charge in [-0.05, 0) is 35.9 Å². The monoisotopic (exact) mass is 460 g/mol. The van der Waals surface area contributed by atoms with Crippen molar-refractivity contribution in [2.45, 2.75) is 0 Å². The first-order valence-electron chi connectivity index (χ1n) is 10.6. The molecule has 3 N–H and O–H groups in total. The van der Waals surface area contributed by atoms with Crippen LogP contribution in [0.1, 0.15) is 10.4 Å². The molecule has 0 aliphatic carbocycles. The molecule has 0 radical (unpaired) electrons. The molecule has 0 saturated carbocycles. The minimum Gasteiger partial charge on any atom is -0.492 e. The maximum Gasteiger partial charge on any atom is 0.320 e. The number of carbonyl (C=O) groups excluding carboxylic acids is 2. The van der Waals surface area contributed by atoms with Gasteiger partial charge in [0, 0.05) is 31.1 Å². The smallest absolute Gasteiger partial charge is 0.320 e. The van der Waals surface area contributed by atoms with Crippen LogP contribution in [0.5, 0.6) is 11.6 Å². The highest BCUT2D eigenvalue weighted by atomic mass is 16.5. The molecule has 0 atom stereocenters. The largest absolute Gasteiger partial charge is 0.492 e. The van der Waals surface area contributed by atoms with Crippen LogP contribution in [0.25, 0.3) is 16.6 Å². The van der Waals surface area contributed by atoms with E-state index in [9.17, 15) is 9.59 Å². The van der Waals surface area contributed by atoms with Gasteiger partial charge in [-0.2, -0.15) is 0 Å². The number of carbonyl (C=O) groups is 2. The van der Waals surface area contributed by atoms with Crippen molar-refractivity contribution < 1.29 is 19.1 Å². The van der Waals surface area contributed by atoms with Gasteiger partial charge in [0.1, 0.15) is 17.9 Å². The number of para-hydroxylation sites is 1. The number of nitrogens with zero attached hydrogens (tertiary/aromatic N) is 3. The lowest BCUT2D eigenvalue weighted by Crippen LogP contribution is -2.32. The molecular formula is C24H24N6O4. The van der Waals surface area contributed by atoms with Gasteiger partial charge in [-0.3, -0.25) is 10.1 Å². The summed E-state index contributed by atoms with van der Waals surface area (Å²) in [5, 5.41) is 12.4. The highest BCUT2D eigenvalue weighted by molar-refractivity contribution is 5.97. The molecule has 0 aliphatic heterocycles. The third-order valence-corrected chi connectivity index (χ3v) is 4.95. The van der Waals surface area contributed by atoms with E-state index >= 15 is 0 Å². The molecule has 34 heavy (non-hydrogen) atoms. The summed E-state index contributed by atoms with van der Waals surface area (Å²) in [6, 6.07) is 16.2. The number of pyridine rings is 2. The Morgan fingerprint density at radius 1 is 1.06 bits per heavy atom. The number of benzene rings is 1. The maximum atomic E-state index is 12.2. The average molecular weight is 460 g/mol. The Kier molecular flexibility index (Phi) is 6.87. The molecule has 3 heterocycles. The van der Waals surface area contributed by atoms with Crippen LogP contribution in [0.15, 0.2) is 67.0 Å². The highest BCUT2D eigenvalue weighted by Crippen LogP contribution is 2.26. The molecule has 10 heteroatoms. The Balaban J connectivity index is 1.41. The molecule has 1 aromatic carbocycles. The molecule has 3 aromatic heterocycles. The molecule has 0 bridgehead atoms. The van der Waals surface area contributed by atoms with E-state index in [1.54, 1.807) is 36.1 Å². The van der Waals surface area contributed by atoms with Gasteiger partial charge in [0.25, 0.3) is 5.91 Å². The van der Waals surface area contributed by atoms with E-state index in [0.29, 0.717) is 24.5 Å². The van der Waals surface area contributed by atoms with E-state index in [1.165, 1.54) is 7.11 Å². The van der Waals surface area contributed by atoms with Crippen LogP contribution >= 0.6 is 0 Å². The third-order valence-electron chi connectivity index (χ3n) is 4.95. The Morgan fingerprint density at radius 3 is 2.65 bits per heavy atom. The Morgan fingerprint density at radius 2 is 1.88 bits per heavy atom. The minimum absolute atomic E-state index is 0.250. The van der Waals surface area contributed by atoms with Crippen molar-refractivity contribution in [2.24, 2.45) is 0 Å². The predicted molar refractivity (Wildman–Crippen MR) is 127 cm³/mol. The van der Waals surface area contributed by atoms with Crippen LogP contribution in [0, 0.1) is 0 Å². The second kappa shape index (κ2) is 10.3. The number of ether oxygens (including phenoxy) is 2. The predicted octanol–water partition coefficient (Wildman–Crippen LogP) is 2.97. The number of hydrogen-bond donors (Lipinski definition) is 3. The summed E-state index contributed by atoms with van der Waals surface area (Å²) in [5.74, 6) is 1.11. The van der Waals surface area contributed by atoms with Crippen LogP contribution < -0.4 is 25.4 Å². The average Bonchev–Trinajstić information content (AvgIpc) is 3.27. The second-order valence-corrected chi connectivity index (χ2v) is 7.22. The van der Waals surface area contributed by atoms with Gasteiger partial charge in [-0.1, -0.05) is 18.2 Å². The van der Waals surface area contributed by atoms with Crippen molar-refractivity contribution in [3.63, 3.8) is 0 Å². The molecule has 0 spiro atoms. The normalized spacial score (nSPS) is 10.5. The van der Waals surface area contributed by atoms with E-state index in [0.717, 1.165) is 22.4 Å². The number of anilines is 1. The number of rotatable bonds is 8. The zero-order valence-corrected chi connectivity index (χ0v) is 18.7. The maximum absolute atomic E-state index is 12.2. The van der Waals surface area contributed by atoms with Gasteiger partial charge in [0.2, 0.25) is 5.88 Å². The van der Waals surface area contributed by atoms with E-state index in [-0.39, 0.29) is 17.8 Å². The van der Waals surface area contributed by atoms with Gasteiger partial charge in [-0.25, -0.2) is 14.3 Å². The van der Waals surface area contributed by atoms with Gasteiger partial charge >= 0.3 is 6.03 Å². The van der Waals surface area contributed by atoms with Crippen LogP contribution in [0.4, 0.5) is 10.6 Å². The van der Waals surface area contributed by atoms with Crippen LogP contribution in [-0.2, 0) is 0 Å². The van der Waals surface area contributed by atoms with Crippen LogP contribution in [-0.4, -0.2) is 53.8 Å². The molecule has 0 unspecified atom stereocenters. The van der Waals surface area contributed by atoms with E-state index in [2.05, 4.69) is 26.0 Å². The lowest BCUT2D eigenvalue weighted by Gasteiger charge is -2.09. The Hall–Kier alpha value is -4.60. The fourth-order valence-corrected chi connectivity index (χ4v) is 3.32. The molecule has 0 fully saturated rings. The molecule has 4 aromatic rings. The summed E-state index contributed by atoms with van der Waals surface area (Å²) in [5.41, 5.74) is 2.68. The van der Waals surface area contributed by atoms with E-state index < -0.39 is 0 Å². The van der Waals surface area contributed by atoms with Gasteiger partial charge in [0.05, 0.1) is 19.2 Å². The zero-order chi connectivity index (χ0) is 23.9. The third kappa shape index (κ3) is 5.23. The quantitative estimate of drug-likeness (QED) is 0.348. The molecule has 10 nitrogen and oxygen atoms in total. The van der Waals surface area contributed by atoms with Crippen molar-refractivity contribution >= 4 is 23.3 Å². The lowest BCUT2D eigenvalue weighted by atomic mass is 10.1.